The lowest BCUT2D eigenvalue weighted by molar-refractivity contribution is 0.399. The van der Waals surface area contributed by atoms with Crippen LogP contribution in [0, 0.1) is 0 Å². The maximum Gasteiger partial charge on any atom is 0.226 e. The highest BCUT2D eigenvalue weighted by atomic mass is 16.5. The van der Waals surface area contributed by atoms with E-state index in [9.17, 15) is 0 Å². The zero-order valence-electron chi connectivity index (χ0n) is 14.8. The van der Waals surface area contributed by atoms with Gasteiger partial charge < -0.3 is 20.1 Å². The van der Waals surface area contributed by atoms with E-state index in [1.165, 1.54) is 0 Å². The van der Waals surface area contributed by atoms with Crippen LogP contribution in [0.4, 0.5) is 11.8 Å². The standard InChI is InChI=1S/C17H22N6O2/c1-5-18-17-21-15(13-10-20-23(2)16(13)22-17)19-9-11-8-12(24-3)6-7-14(11)25-4/h6-8,10H,5,9H2,1-4H3,(H2,18,19,21,22). The topological polar surface area (TPSA) is 86.1 Å². The number of rotatable bonds is 7. The summed E-state index contributed by atoms with van der Waals surface area (Å²) in [5.74, 6) is 2.86. The second-order valence-corrected chi connectivity index (χ2v) is 5.46. The van der Waals surface area contributed by atoms with Crippen LogP contribution in [0.5, 0.6) is 11.5 Å². The lowest BCUT2D eigenvalue weighted by atomic mass is 10.2. The van der Waals surface area contributed by atoms with Gasteiger partial charge in [0.1, 0.15) is 17.3 Å². The molecule has 0 atom stereocenters. The highest BCUT2D eigenvalue weighted by Crippen LogP contribution is 2.26. The van der Waals surface area contributed by atoms with Crippen LogP contribution in [0.15, 0.2) is 24.4 Å². The van der Waals surface area contributed by atoms with Crippen molar-refractivity contribution in [3.63, 3.8) is 0 Å². The molecule has 0 unspecified atom stereocenters. The van der Waals surface area contributed by atoms with Crippen molar-refractivity contribution in [3.8, 4) is 11.5 Å². The van der Waals surface area contributed by atoms with Gasteiger partial charge in [0.05, 0.1) is 25.8 Å². The number of methoxy groups -OCH3 is 2. The Morgan fingerprint density at radius 2 is 1.96 bits per heavy atom. The van der Waals surface area contributed by atoms with E-state index >= 15 is 0 Å². The van der Waals surface area contributed by atoms with Gasteiger partial charge in [-0.15, -0.1) is 0 Å². The summed E-state index contributed by atoms with van der Waals surface area (Å²) in [6, 6.07) is 5.70. The Kier molecular flexibility index (Phi) is 4.87. The molecule has 0 bridgehead atoms. The molecule has 2 heterocycles. The minimum Gasteiger partial charge on any atom is -0.497 e. The third-order valence-electron chi connectivity index (χ3n) is 3.86. The van der Waals surface area contributed by atoms with E-state index in [0.29, 0.717) is 12.5 Å². The van der Waals surface area contributed by atoms with Crippen LogP contribution < -0.4 is 20.1 Å². The molecule has 3 aromatic rings. The van der Waals surface area contributed by atoms with Gasteiger partial charge in [0.2, 0.25) is 5.95 Å². The number of benzene rings is 1. The molecule has 8 heteroatoms. The van der Waals surface area contributed by atoms with E-state index in [1.807, 2.05) is 32.2 Å². The summed E-state index contributed by atoms with van der Waals surface area (Å²) in [5, 5.41) is 11.7. The second-order valence-electron chi connectivity index (χ2n) is 5.46. The minimum atomic E-state index is 0.535. The fourth-order valence-electron chi connectivity index (χ4n) is 2.59. The van der Waals surface area contributed by atoms with Gasteiger partial charge in [0.25, 0.3) is 0 Å². The molecule has 0 amide bonds. The second kappa shape index (κ2) is 7.25. The van der Waals surface area contributed by atoms with Crippen molar-refractivity contribution >= 4 is 22.8 Å². The third kappa shape index (κ3) is 3.42. The van der Waals surface area contributed by atoms with E-state index in [4.69, 9.17) is 9.47 Å². The van der Waals surface area contributed by atoms with Crippen LogP contribution in [-0.4, -0.2) is 40.5 Å². The summed E-state index contributed by atoms with van der Waals surface area (Å²) < 4.78 is 12.5. The normalized spacial score (nSPS) is 10.7. The Bertz CT molecular complexity index is 877. The summed E-state index contributed by atoms with van der Waals surface area (Å²) in [6.07, 6.45) is 1.76. The highest BCUT2D eigenvalue weighted by molar-refractivity contribution is 5.87. The fourth-order valence-corrected chi connectivity index (χ4v) is 2.59. The smallest absolute Gasteiger partial charge is 0.226 e. The molecule has 132 valence electrons. The molecule has 2 aromatic heterocycles. The van der Waals surface area contributed by atoms with Crippen molar-refractivity contribution in [2.45, 2.75) is 13.5 Å². The van der Waals surface area contributed by atoms with Gasteiger partial charge in [0.15, 0.2) is 5.65 Å². The number of aromatic nitrogens is 4. The Hall–Kier alpha value is -3.03. The molecule has 0 fully saturated rings. The zero-order chi connectivity index (χ0) is 17.8. The molecule has 8 nitrogen and oxygen atoms in total. The molecule has 0 aliphatic carbocycles. The van der Waals surface area contributed by atoms with E-state index in [1.54, 1.807) is 25.1 Å². The molecule has 0 aliphatic heterocycles. The lowest BCUT2D eigenvalue weighted by Crippen LogP contribution is -2.08. The fraction of sp³-hybridized carbons (Fsp3) is 0.353. The predicted octanol–water partition coefficient (Wildman–Crippen LogP) is 2.42. The highest BCUT2D eigenvalue weighted by Gasteiger charge is 2.12. The van der Waals surface area contributed by atoms with Crippen molar-refractivity contribution in [2.24, 2.45) is 7.05 Å². The molecule has 1 aromatic carbocycles. The van der Waals surface area contributed by atoms with Gasteiger partial charge in [-0.05, 0) is 25.1 Å². The summed E-state index contributed by atoms with van der Waals surface area (Å²) in [6.45, 7) is 3.28. The van der Waals surface area contributed by atoms with Crippen molar-refractivity contribution in [2.75, 3.05) is 31.4 Å². The maximum absolute atomic E-state index is 5.43. The van der Waals surface area contributed by atoms with Gasteiger partial charge in [-0.2, -0.15) is 15.1 Å². The first kappa shape index (κ1) is 16.8. The summed E-state index contributed by atoms with van der Waals surface area (Å²) in [5.41, 5.74) is 1.74. The summed E-state index contributed by atoms with van der Waals surface area (Å²) in [7, 11) is 5.16. The van der Waals surface area contributed by atoms with Crippen molar-refractivity contribution in [1.82, 2.24) is 19.7 Å². The van der Waals surface area contributed by atoms with Gasteiger partial charge in [-0.25, -0.2) is 0 Å². The van der Waals surface area contributed by atoms with E-state index in [-0.39, 0.29) is 0 Å². The number of hydrogen-bond acceptors (Lipinski definition) is 7. The Morgan fingerprint density at radius 1 is 1.12 bits per heavy atom. The number of hydrogen-bond donors (Lipinski definition) is 2. The largest absolute Gasteiger partial charge is 0.497 e. The molecule has 0 aliphatic rings. The molecule has 2 N–H and O–H groups in total. The number of nitrogens with zero attached hydrogens (tertiary/aromatic N) is 4. The average Bonchev–Trinajstić information content (AvgIpc) is 3.01. The molecule has 0 saturated heterocycles. The number of anilines is 2. The van der Waals surface area contributed by atoms with Crippen LogP contribution in [0.2, 0.25) is 0 Å². The van der Waals surface area contributed by atoms with Gasteiger partial charge in [-0.3, -0.25) is 4.68 Å². The summed E-state index contributed by atoms with van der Waals surface area (Å²) >= 11 is 0. The molecule has 25 heavy (non-hydrogen) atoms. The number of fused-ring (bicyclic) bond motifs is 1. The summed E-state index contributed by atoms with van der Waals surface area (Å²) in [4.78, 5) is 9.05. The number of aryl methyl sites for hydroxylation is 1. The molecular formula is C17H22N6O2. The Labute approximate surface area is 146 Å². The number of nitrogens with one attached hydrogen (secondary N) is 2. The average molecular weight is 342 g/mol. The first-order valence-electron chi connectivity index (χ1n) is 8.04. The monoisotopic (exact) mass is 342 g/mol. The first-order valence-corrected chi connectivity index (χ1v) is 8.04. The molecule has 3 rings (SSSR count). The van der Waals surface area contributed by atoms with Crippen LogP contribution in [-0.2, 0) is 13.6 Å². The Balaban J connectivity index is 1.93. The molecule has 0 saturated carbocycles. The molecular weight excluding hydrogens is 320 g/mol. The maximum atomic E-state index is 5.43. The zero-order valence-corrected chi connectivity index (χ0v) is 14.8. The van der Waals surface area contributed by atoms with Crippen LogP contribution in [0.25, 0.3) is 11.0 Å². The minimum absolute atomic E-state index is 0.535. The van der Waals surface area contributed by atoms with Crippen LogP contribution >= 0.6 is 0 Å². The van der Waals surface area contributed by atoms with E-state index in [0.717, 1.165) is 40.5 Å². The van der Waals surface area contributed by atoms with Crippen molar-refractivity contribution in [3.05, 3.63) is 30.0 Å². The van der Waals surface area contributed by atoms with Crippen molar-refractivity contribution in [1.29, 1.82) is 0 Å². The van der Waals surface area contributed by atoms with Crippen LogP contribution in [0.3, 0.4) is 0 Å². The Morgan fingerprint density at radius 3 is 2.68 bits per heavy atom. The SMILES string of the molecule is CCNc1nc(NCc2cc(OC)ccc2OC)c2cnn(C)c2n1. The quantitative estimate of drug-likeness (QED) is 0.682. The van der Waals surface area contributed by atoms with Gasteiger partial charge in [0, 0.05) is 25.7 Å². The first-order chi connectivity index (χ1) is 12.2. The molecule has 0 radical (unpaired) electrons. The van der Waals surface area contributed by atoms with Gasteiger partial charge in [-0.1, -0.05) is 0 Å². The van der Waals surface area contributed by atoms with E-state index in [2.05, 4.69) is 25.7 Å². The predicted molar refractivity (Wildman–Crippen MR) is 97.3 cm³/mol. The number of ether oxygens (including phenoxy) is 2. The third-order valence-corrected chi connectivity index (χ3v) is 3.86. The van der Waals surface area contributed by atoms with E-state index < -0.39 is 0 Å². The molecule has 0 spiro atoms. The lowest BCUT2D eigenvalue weighted by Gasteiger charge is -2.13. The van der Waals surface area contributed by atoms with Gasteiger partial charge >= 0.3 is 0 Å². The van der Waals surface area contributed by atoms with Crippen LogP contribution in [0.1, 0.15) is 12.5 Å². The van der Waals surface area contributed by atoms with Crippen molar-refractivity contribution < 1.29 is 9.47 Å².